The molecule has 3 N–H and O–H groups in total. The predicted octanol–water partition coefficient (Wildman–Crippen LogP) is 1.69. The highest BCUT2D eigenvalue weighted by atomic mass is 35.5. The second kappa shape index (κ2) is 6.11. The molecule has 0 atom stereocenters. The van der Waals surface area contributed by atoms with Crippen LogP contribution in [0.1, 0.15) is 11.3 Å². The van der Waals surface area contributed by atoms with E-state index in [2.05, 4.69) is 14.7 Å². The van der Waals surface area contributed by atoms with Crippen molar-refractivity contribution in [3.63, 3.8) is 0 Å². The number of hydrogen-bond acceptors (Lipinski definition) is 4. The van der Waals surface area contributed by atoms with Gasteiger partial charge >= 0.3 is 0 Å². The summed E-state index contributed by atoms with van der Waals surface area (Å²) >= 11 is 11.7. The maximum Gasteiger partial charge on any atom is 0.242 e. The van der Waals surface area contributed by atoms with Crippen LogP contribution >= 0.6 is 23.2 Å². The number of imidazole rings is 1. The minimum Gasteiger partial charge on any atom is -0.392 e. The first kappa shape index (κ1) is 15.3. The molecule has 0 aliphatic rings. The molecular weight excluding hydrogens is 325 g/mol. The van der Waals surface area contributed by atoms with Gasteiger partial charge in [0.25, 0.3) is 0 Å². The summed E-state index contributed by atoms with van der Waals surface area (Å²) in [4.78, 5) is 6.43. The molecule has 0 saturated heterocycles. The number of aliphatic hydroxyl groups excluding tert-OH is 1. The van der Waals surface area contributed by atoms with Gasteiger partial charge in [0.2, 0.25) is 10.0 Å². The van der Waals surface area contributed by atoms with Crippen molar-refractivity contribution < 1.29 is 13.5 Å². The minimum absolute atomic E-state index is 0.00990. The number of rotatable bonds is 5. The molecule has 0 unspecified atom stereocenters. The lowest BCUT2D eigenvalue weighted by molar-refractivity contribution is 0.281. The summed E-state index contributed by atoms with van der Waals surface area (Å²) in [6, 6.07) is 2.54. The van der Waals surface area contributed by atoms with Gasteiger partial charge in [0.05, 0.1) is 24.5 Å². The molecule has 2 aromatic rings. The van der Waals surface area contributed by atoms with Crippen molar-refractivity contribution in [2.24, 2.45) is 0 Å². The van der Waals surface area contributed by atoms with Gasteiger partial charge in [0.15, 0.2) is 0 Å². The topological polar surface area (TPSA) is 95.1 Å². The number of aromatic amines is 1. The Morgan fingerprint density at radius 3 is 2.65 bits per heavy atom. The highest BCUT2D eigenvalue weighted by molar-refractivity contribution is 7.89. The lowest BCUT2D eigenvalue weighted by atomic mass is 10.2. The molecule has 0 bridgehead atoms. The van der Waals surface area contributed by atoms with Crippen LogP contribution in [-0.2, 0) is 23.2 Å². The minimum atomic E-state index is -3.82. The van der Waals surface area contributed by atoms with Crippen LogP contribution in [0.2, 0.25) is 10.0 Å². The average molecular weight is 336 g/mol. The Bertz CT molecular complexity index is 702. The fraction of sp³-hybridized carbons (Fsp3) is 0.182. The molecule has 6 nitrogen and oxygen atoms in total. The Kier molecular flexibility index (Phi) is 4.66. The molecule has 9 heteroatoms. The maximum atomic E-state index is 12.2. The van der Waals surface area contributed by atoms with Crippen LogP contribution in [0.25, 0.3) is 0 Å². The van der Waals surface area contributed by atoms with Gasteiger partial charge in [-0.1, -0.05) is 23.2 Å². The third-order valence-electron chi connectivity index (χ3n) is 2.57. The van der Waals surface area contributed by atoms with Crippen molar-refractivity contribution >= 4 is 33.2 Å². The monoisotopic (exact) mass is 335 g/mol. The normalized spacial score (nSPS) is 11.8. The van der Waals surface area contributed by atoms with Gasteiger partial charge in [-0.15, -0.1) is 0 Å². The van der Waals surface area contributed by atoms with Crippen LogP contribution < -0.4 is 4.72 Å². The lowest BCUT2D eigenvalue weighted by Crippen LogP contribution is -2.24. The fourth-order valence-corrected chi connectivity index (χ4v) is 3.39. The van der Waals surface area contributed by atoms with E-state index in [-0.39, 0.29) is 33.7 Å². The van der Waals surface area contributed by atoms with Crippen molar-refractivity contribution in [2.75, 3.05) is 0 Å². The summed E-state index contributed by atoms with van der Waals surface area (Å²) in [5, 5.41) is 9.33. The maximum absolute atomic E-state index is 12.2. The van der Waals surface area contributed by atoms with E-state index in [4.69, 9.17) is 28.3 Å². The number of nitrogens with zero attached hydrogens (tertiary/aromatic N) is 1. The Hall–Kier alpha value is -1.12. The van der Waals surface area contributed by atoms with Gasteiger partial charge in [-0.25, -0.2) is 18.1 Å². The molecule has 2 rings (SSSR count). The third kappa shape index (κ3) is 3.31. The highest BCUT2D eigenvalue weighted by Crippen LogP contribution is 2.28. The van der Waals surface area contributed by atoms with Crippen LogP contribution in [-0.4, -0.2) is 23.5 Å². The van der Waals surface area contributed by atoms with Crippen molar-refractivity contribution in [3.05, 3.63) is 46.0 Å². The zero-order chi connectivity index (χ0) is 14.8. The summed E-state index contributed by atoms with van der Waals surface area (Å²) in [7, 11) is -3.82. The molecule has 0 spiro atoms. The molecule has 0 saturated carbocycles. The number of aliphatic hydroxyl groups is 1. The molecule has 0 amide bonds. The zero-order valence-corrected chi connectivity index (χ0v) is 12.4. The summed E-state index contributed by atoms with van der Waals surface area (Å²) in [6.07, 6.45) is 2.95. The molecule has 0 fully saturated rings. The Labute approximate surface area is 125 Å². The first-order valence-electron chi connectivity index (χ1n) is 5.49. The smallest absolute Gasteiger partial charge is 0.242 e. The summed E-state index contributed by atoms with van der Waals surface area (Å²) in [5.41, 5.74) is 0.902. The quantitative estimate of drug-likeness (QED) is 0.774. The van der Waals surface area contributed by atoms with Crippen LogP contribution in [0.3, 0.4) is 0 Å². The number of sulfonamides is 1. The van der Waals surface area contributed by atoms with E-state index in [1.165, 1.54) is 24.7 Å². The molecule has 0 radical (unpaired) electrons. The van der Waals surface area contributed by atoms with E-state index in [0.29, 0.717) is 5.69 Å². The Morgan fingerprint density at radius 1 is 1.30 bits per heavy atom. The molecule has 20 heavy (non-hydrogen) atoms. The average Bonchev–Trinajstić information content (AvgIpc) is 2.89. The van der Waals surface area contributed by atoms with E-state index in [0.717, 1.165) is 0 Å². The summed E-state index contributed by atoms with van der Waals surface area (Å²) in [5.74, 6) is 0. The number of benzene rings is 1. The largest absolute Gasteiger partial charge is 0.392 e. The number of nitrogens with one attached hydrogen (secondary N) is 2. The third-order valence-corrected chi connectivity index (χ3v) is 4.79. The van der Waals surface area contributed by atoms with E-state index >= 15 is 0 Å². The van der Waals surface area contributed by atoms with E-state index < -0.39 is 10.0 Å². The summed E-state index contributed by atoms with van der Waals surface area (Å²) in [6.45, 7) is -0.325. The molecule has 0 aliphatic carbocycles. The van der Waals surface area contributed by atoms with Crippen molar-refractivity contribution in [1.29, 1.82) is 0 Å². The zero-order valence-electron chi connectivity index (χ0n) is 10.1. The molecular formula is C11H11Cl2N3O3S. The van der Waals surface area contributed by atoms with Gasteiger partial charge in [-0.3, -0.25) is 0 Å². The van der Waals surface area contributed by atoms with Gasteiger partial charge in [0.1, 0.15) is 4.90 Å². The van der Waals surface area contributed by atoms with E-state index in [9.17, 15) is 8.42 Å². The van der Waals surface area contributed by atoms with Crippen LogP contribution in [0.4, 0.5) is 0 Å². The van der Waals surface area contributed by atoms with Crippen LogP contribution in [0, 0.1) is 0 Å². The first-order valence-corrected chi connectivity index (χ1v) is 7.73. The van der Waals surface area contributed by atoms with Crippen molar-refractivity contribution in [2.45, 2.75) is 18.0 Å². The van der Waals surface area contributed by atoms with Gasteiger partial charge in [0, 0.05) is 16.9 Å². The van der Waals surface area contributed by atoms with E-state index in [1.54, 1.807) is 0 Å². The molecule has 1 aromatic carbocycles. The molecule has 0 aliphatic heterocycles. The van der Waals surface area contributed by atoms with Crippen molar-refractivity contribution in [3.8, 4) is 0 Å². The van der Waals surface area contributed by atoms with Gasteiger partial charge in [-0.05, 0) is 17.7 Å². The predicted molar refractivity (Wildman–Crippen MR) is 75.0 cm³/mol. The second-order valence-corrected chi connectivity index (χ2v) is 6.48. The Morgan fingerprint density at radius 2 is 2.05 bits per heavy atom. The van der Waals surface area contributed by atoms with Crippen molar-refractivity contribution in [1.82, 2.24) is 14.7 Å². The Balaban J connectivity index is 2.29. The fourth-order valence-electron chi connectivity index (χ4n) is 1.53. The highest BCUT2D eigenvalue weighted by Gasteiger charge is 2.20. The van der Waals surface area contributed by atoms with Gasteiger partial charge < -0.3 is 10.1 Å². The second-order valence-electron chi connectivity index (χ2n) is 3.93. The van der Waals surface area contributed by atoms with Crippen LogP contribution in [0.5, 0.6) is 0 Å². The number of aromatic nitrogens is 2. The SMILES string of the molecule is O=S(=O)(NCc1cnc[nH]1)c1cc(CO)c(Cl)cc1Cl. The standard InChI is InChI=1S/C11H11Cl2N3O3S/c12-9-2-10(13)11(1-7(9)5-17)20(18,19)16-4-8-3-14-6-15-8/h1-3,6,16-17H,4-5H2,(H,14,15). The lowest BCUT2D eigenvalue weighted by Gasteiger charge is -2.10. The molecule has 108 valence electrons. The molecule has 1 aromatic heterocycles. The van der Waals surface area contributed by atoms with Crippen LogP contribution in [0.15, 0.2) is 29.6 Å². The first-order chi connectivity index (χ1) is 9.44. The summed E-state index contributed by atoms with van der Waals surface area (Å²) < 4.78 is 26.7. The van der Waals surface area contributed by atoms with Gasteiger partial charge in [-0.2, -0.15) is 0 Å². The molecule has 1 heterocycles. The van der Waals surface area contributed by atoms with E-state index in [1.807, 2.05) is 0 Å². The number of hydrogen-bond donors (Lipinski definition) is 3. The number of halogens is 2. The number of H-pyrrole nitrogens is 1.